The minimum Gasteiger partial charge on any atom is -0.476 e. The average molecular weight is 395 g/mol. The van der Waals surface area contributed by atoms with Gasteiger partial charge in [0.2, 0.25) is 0 Å². The molecule has 1 atom stereocenters. The number of hydrogen-bond acceptors (Lipinski definition) is 4. The number of fused-ring (bicyclic) bond motifs is 1. The van der Waals surface area contributed by atoms with Crippen molar-refractivity contribution in [2.24, 2.45) is 0 Å². The highest BCUT2D eigenvalue weighted by molar-refractivity contribution is 7.92. The van der Waals surface area contributed by atoms with Crippen LogP contribution in [0.5, 0.6) is 5.75 Å². The fraction of sp³-hybridized carbons (Fsp3) is 0.278. The second kappa shape index (κ2) is 7.55. The summed E-state index contributed by atoms with van der Waals surface area (Å²) in [6.07, 6.45) is -0.138. The van der Waals surface area contributed by atoms with E-state index in [0.29, 0.717) is 23.0 Å². The van der Waals surface area contributed by atoms with Crippen molar-refractivity contribution in [2.45, 2.75) is 24.3 Å². The predicted molar refractivity (Wildman–Crippen MR) is 100 cm³/mol. The number of amides is 1. The van der Waals surface area contributed by atoms with E-state index in [2.05, 4.69) is 5.32 Å². The van der Waals surface area contributed by atoms with E-state index in [0.717, 1.165) is 6.42 Å². The third-order valence-corrected chi connectivity index (χ3v) is 6.02. The number of benzene rings is 2. The monoisotopic (exact) mass is 394 g/mol. The van der Waals surface area contributed by atoms with E-state index in [9.17, 15) is 13.2 Å². The summed E-state index contributed by atoms with van der Waals surface area (Å²) in [5.41, 5.74) is 0.405. The summed E-state index contributed by atoms with van der Waals surface area (Å²) < 4.78 is 33.2. The maximum Gasteiger partial charge on any atom is 0.264 e. The number of rotatable bonds is 5. The standard InChI is InChI=1S/C18H19ClN2O4S/c1-2-11-20-18(22)17-12-21(15-5-3-4-6-16(15)25-17)26(23,24)14-9-7-13(19)8-10-14/h3-10,17H,2,11-12H2,1H3,(H,20,22). The number of halogens is 1. The van der Waals surface area contributed by atoms with E-state index in [4.69, 9.17) is 16.3 Å². The molecular weight excluding hydrogens is 376 g/mol. The third kappa shape index (κ3) is 3.64. The molecule has 1 unspecified atom stereocenters. The molecule has 1 aliphatic heterocycles. The molecule has 2 aromatic carbocycles. The van der Waals surface area contributed by atoms with Crippen LogP contribution in [0.25, 0.3) is 0 Å². The predicted octanol–water partition coefficient (Wildman–Crippen LogP) is 2.82. The van der Waals surface area contributed by atoms with Gasteiger partial charge in [-0.1, -0.05) is 30.7 Å². The number of carbonyl (C=O) groups excluding carboxylic acids is 1. The van der Waals surface area contributed by atoms with Crippen LogP contribution < -0.4 is 14.4 Å². The minimum absolute atomic E-state index is 0.0997. The zero-order valence-corrected chi connectivity index (χ0v) is 15.8. The van der Waals surface area contributed by atoms with Gasteiger partial charge in [0.1, 0.15) is 5.75 Å². The second-order valence-corrected chi connectivity index (χ2v) is 8.15. The first-order valence-electron chi connectivity index (χ1n) is 8.25. The van der Waals surface area contributed by atoms with E-state index in [-0.39, 0.29) is 17.3 Å². The molecule has 0 fully saturated rings. The number of para-hydroxylation sites is 2. The molecule has 8 heteroatoms. The van der Waals surface area contributed by atoms with Crippen molar-refractivity contribution in [3.05, 3.63) is 53.6 Å². The van der Waals surface area contributed by atoms with E-state index < -0.39 is 16.1 Å². The summed E-state index contributed by atoms with van der Waals surface area (Å²) in [7, 11) is -3.86. The lowest BCUT2D eigenvalue weighted by molar-refractivity contribution is -0.127. The molecule has 6 nitrogen and oxygen atoms in total. The lowest BCUT2D eigenvalue weighted by atomic mass is 10.2. The second-order valence-electron chi connectivity index (χ2n) is 5.86. The van der Waals surface area contributed by atoms with Crippen molar-refractivity contribution in [1.82, 2.24) is 5.32 Å². The fourth-order valence-corrected chi connectivity index (χ4v) is 4.26. The van der Waals surface area contributed by atoms with Gasteiger partial charge in [-0.25, -0.2) is 8.42 Å². The van der Waals surface area contributed by atoms with E-state index in [1.807, 2.05) is 6.92 Å². The first-order valence-corrected chi connectivity index (χ1v) is 10.1. The Morgan fingerprint density at radius 3 is 2.62 bits per heavy atom. The number of ether oxygens (including phenoxy) is 1. The van der Waals surface area contributed by atoms with Crippen molar-refractivity contribution in [2.75, 3.05) is 17.4 Å². The first kappa shape index (κ1) is 18.5. The van der Waals surface area contributed by atoms with Gasteiger partial charge in [0.05, 0.1) is 17.1 Å². The largest absolute Gasteiger partial charge is 0.476 e. The summed E-state index contributed by atoms with van der Waals surface area (Å²) >= 11 is 5.86. The fourth-order valence-electron chi connectivity index (χ4n) is 2.66. The minimum atomic E-state index is -3.86. The van der Waals surface area contributed by atoms with Crippen molar-refractivity contribution in [3.8, 4) is 5.75 Å². The Bertz CT molecular complexity index is 900. The van der Waals surface area contributed by atoms with Gasteiger partial charge in [-0.15, -0.1) is 0 Å². The number of sulfonamides is 1. The summed E-state index contributed by atoms with van der Waals surface area (Å²) in [5.74, 6) is 0.0191. The Morgan fingerprint density at radius 1 is 1.23 bits per heavy atom. The van der Waals surface area contributed by atoms with E-state index >= 15 is 0 Å². The number of carbonyl (C=O) groups is 1. The van der Waals surface area contributed by atoms with Gasteiger partial charge < -0.3 is 10.1 Å². The Balaban J connectivity index is 1.98. The first-order chi connectivity index (χ1) is 12.4. The Morgan fingerprint density at radius 2 is 1.92 bits per heavy atom. The number of hydrogen-bond donors (Lipinski definition) is 1. The van der Waals surface area contributed by atoms with Crippen LogP contribution in [0.3, 0.4) is 0 Å². The van der Waals surface area contributed by atoms with E-state index in [1.165, 1.54) is 28.6 Å². The van der Waals surface area contributed by atoms with Gasteiger partial charge in [0, 0.05) is 11.6 Å². The van der Waals surface area contributed by atoms with Crippen LogP contribution in [0.15, 0.2) is 53.4 Å². The molecule has 3 rings (SSSR count). The molecule has 1 amide bonds. The van der Waals surface area contributed by atoms with Gasteiger partial charge in [-0.2, -0.15) is 0 Å². The average Bonchev–Trinajstić information content (AvgIpc) is 2.65. The topological polar surface area (TPSA) is 75.7 Å². The Hall–Kier alpha value is -2.25. The van der Waals surface area contributed by atoms with Crippen LogP contribution in [-0.4, -0.2) is 33.5 Å². The van der Waals surface area contributed by atoms with Gasteiger partial charge in [0.25, 0.3) is 15.9 Å². The summed E-state index contributed by atoms with van der Waals surface area (Å²) in [5, 5.41) is 3.20. The number of nitrogens with one attached hydrogen (secondary N) is 1. The van der Waals surface area contributed by atoms with Gasteiger partial charge >= 0.3 is 0 Å². The van der Waals surface area contributed by atoms with Crippen molar-refractivity contribution < 1.29 is 17.9 Å². The number of nitrogens with zero attached hydrogens (tertiary/aromatic N) is 1. The molecule has 0 bridgehead atoms. The zero-order chi connectivity index (χ0) is 18.7. The van der Waals surface area contributed by atoms with Crippen LogP contribution in [0.1, 0.15) is 13.3 Å². The van der Waals surface area contributed by atoms with Crippen molar-refractivity contribution >= 4 is 33.2 Å². The molecule has 1 aliphatic rings. The molecule has 0 aromatic heterocycles. The molecule has 0 radical (unpaired) electrons. The smallest absolute Gasteiger partial charge is 0.264 e. The summed E-state index contributed by atoms with van der Waals surface area (Å²) in [6, 6.07) is 12.7. The Kier molecular flexibility index (Phi) is 5.38. The number of anilines is 1. The van der Waals surface area contributed by atoms with E-state index in [1.54, 1.807) is 24.3 Å². The van der Waals surface area contributed by atoms with Crippen LogP contribution in [0.4, 0.5) is 5.69 Å². The molecule has 26 heavy (non-hydrogen) atoms. The lowest BCUT2D eigenvalue weighted by Gasteiger charge is -2.34. The molecule has 2 aromatic rings. The van der Waals surface area contributed by atoms with Gasteiger partial charge in [-0.05, 0) is 42.8 Å². The zero-order valence-electron chi connectivity index (χ0n) is 14.2. The molecule has 0 saturated heterocycles. The third-order valence-electron chi connectivity index (χ3n) is 3.98. The molecule has 1 N–H and O–H groups in total. The normalized spacial score (nSPS) is 16.5. The highest BCUT2D eigenvalue weighted by Gasteiger charge is 2.37. The van der Waals surface area contributed by atoms with Gasteiger partial charge in [0.15, 0.2) is 6.10 Å². The van der Waals surface area contributed by atoms with Crippen LogP contribution in [0, 0.1) is 0 Å². The molecule has 0 saturated carbocycles. The van der Waals surface area contributed by atoms with Crippen LogP contribution in [-0.2, 0) is 14.8 Å². The Labute approximate surface area is 157 Å². The molecular formula is C18H19ClN2O4S. The lowest BCUT2D eigenvalue weighted by Crippen LogP contribution is -2.50. The van der Waals surface area contributed by atoms with Crippen molar-refractivity contribution in [3.63, 3.8) is 0 Å². The van der Waals surface area contributed by atoms with Gasteiger partial charge in [-0.3, -0.25) is 9.10 Å². The van der Waals surface area contributed by atoms with Crippen molar-refractivity contribution in [1.29, 1.82) is 0 Å². The maximum absolute atomic E-state index is 13.1. The molecule has 1 heterocycles. The SMILES string of the molecule is CCCNC(=O)C1CN(S(=O)(=O)c2ccc(Cl)cc2)c2ccccc2O1. The highest BCUT2D eigenvalue weighted by Crippen LogP contribution is 2.36. The molecule has 0 aliphatic carbocycles. The highest BCUT2D eigenvalue weighted by atomic mass is 35.5. The quantitative estimate of drug-likeness (QED) is 0.846. The van der Waals surface area contributed by atoms with Crippen LogP contribution in [0.2, 0.25) is 5.02 Å². The summed E-state index contributed by atoms with van der Waals surface area (Å²) in [6.45, 7) is 2.34. The summed E-state index contributed by atoms with van der Waals surface area (Å²) in [4.78, 5) is 12.4. The van der Waals surface area contributed by atoms with Crippen LogP contribution >= 0.6 is 11.6 Å². The maximum atomic E-state index is 13.1. The molecule has 0 spiro atoms. The molecule has 138 valence electrons.